The van der Waals surface area contributed by atoms with Crippen molar-refractivity contribution >= 4 is 23.4 Å². The molecule has 0 radical (unpaired) electrons. The van der Waals surface area contributed by atoms with E-state index in [0.717, 1.165) is 6.92 Å². The number of morpholine rings is 1. The number of fused-ring (bicyclic) bond motifs is 3. The molecule has 5 N–H and O–H groups in total. The largest absolute Gasteiger partial charge is 0.511 e. The van der Waals surface area contributed by atoms with Gasteiger partial charge in [-0.1, -0.05) is 5.92 Å². The zero-order chi connectivity index (χ0) is 28.9. The molecular formula is C29H30N2O9. The first-order valence-corrected chi connectivity index (χ1v) is 13.1. The van der Waals surface area contributed by atoms with Gasteiger partial charge in [0.1, 0.15) is 22.8 Å². The molecule has 1 aromatic rings. The standard InChI is InChI=1S/C29H30N2O9/c1-3-4-15-9-17(13-30-28(38)31-5-7-40-8-6-31)19-11-16-10-18-12-20(33)21(14(2)32)26(36)29(18,39)27(37)22(16)25(35)23(19)24(15)34/h9,16,18,33-34,37,39H,5-8,10-13H2,1-2H3,(H,30,38)/t16-,18+,29-/m1/s1. The van der Waals surface area contributed by atoms with Crippen molar-refractivity contribution in [1.82, 2.24) is 10.2 Å². The number of aromatic hydroxyl groups is 1. The van der Waals surface area contributed by atoms with Gasteiger partial charge < -0.3 is 35.4 Å². The van der Waals surface area contributed by atoms with Gasteiger partial charge in [-0.3, -0.25) is 14.4 Å². The topological polar surface area (TPSA) is 174 Å². The van der Waals surface area contributed by atoms with Gasteiger partial charge in [0.15, 0.2) is 17.2 Å². The number of nitrogens with zero attached hydrogens (tertiary/aromatic N) is 1. The van der Waals surface area contributed by atoms with Crippen molar-refractivity contribution in [1.29, 1.82) is 0 Å². The highest BCUT2D eigenvalue weighted by Gasteiger charge is 2.59. The van der Waals surface area contributed by atoms with Gasteiger partial charge in [-0.25, -0.2) is 4.79 Å². The number of ether oxygens (including phenoxy) is 1. The zero-order valence-electron chi connectivity index (χ0n) is 22.2. The van der Waals surface area contributed by atoms with E-state index in [4.69, 9.17) is 4.74 Å². The number of phenolic OH excluding ortho intramolecular Hbond substituents is 1. The third-order valence-corrected chi connectivity index (χ3v) is 8.25. The highest BCUT2D eigenvalue weighted by molar-refractivity contribution is 6.25. The maximum absolute atomic E-state index is 13.9. The average Bonchev–Trinajstić information content (AvgIpc) is 2.91. The van der Waals surface area contributed by atoms with Gasteiger partial charge in [0.2, 0.25) is 5.78 Å². The molecule has 3 aliphatic carbocycles. The van der Waals surface area contributed by atoms with Crippen molar-refractivity contribution < 1.29 is 44.3 Å². The molecule has 1 heterocycles. The monoisotopic (exact) mass is 550 g/mol. The van der Waals surface area contributed by atoms with Gasteiger partial charge in [0.25, 0.3) is 0 Å². The number of aliphatic hydroxyl groups excluding tert-OH is 2. The predicted molar refractivity (Wildman–Crippen MR) is 139 cm³/mol. The summed E-state index contributed by atoms with van der Waals surface area (Å²) in [6, 6.07) is 1.31. The molecule has 0 spiro atoms. The summed E-state index contributed by atoms with van der Waals surface area (Å²) in [6.07, 6.45) is -0.0227. The van der Waals surface area contributed by atoms with Gasteiger partial charge in [-0.15, -0.1) is 5.92 Å². The molecule has 3 atom stereocenters. The number of rotatable bonds is 3. The van der Waals surface area contributed by atoms with E-state index in [1.807, 2.05) is 0 Å². The Bertz CT molecular complexity index is 1470. The number of nitrogens with one attached hydrogen (secondary N) is 1. The van der Waals surface area contributed by atoms with Crippen LogP contribution in [0, 0.1) is 23.7 Å². The first kappa shape index (κ1) is 27.4. The maximum atomic E-state index is 13.9. The Hall–Kier alpha value is -4.14. The second kappa shape index (κ2) is 10.1. The van der Waals surface area contributed by atoms with Crippen molar-refractivity contribution in [3.8, 4) is 17.6 Å². The fourth-order valence-corrected chi connectivity index (χ4v) is 6.31. The Balaban J connectivity index is 1.57. The molecule has 210 valence electrons. The molecule has 40 heavy (non-hydrogen) atoms. The number of Topliss-reactive ketones (excluding diaryl/α,β-unsaturated/α-hetero) is 3. The minimum absolute atomic E-state index is 0.0412. The lowest BCUT2D eigenvalue weighted by molar-refractivity contribution is -0.144. The smallest absolute Gasteiger partial charge is 0.317 e. The minimum atomic E-state index is -2.56. The van der Waals surface area contributed by atoms with Crippen LogP contribution in [0.5, 0.6) is 5.75 Å². The van der Waals surface area contributed by atoms with Gasteiger partial charge >= 0.3 is 6.03 Å². The number of allylic oxidation sites excluding steroid dienone is 2. The van der Waals surface area contributed by atoms with Crippen LogP contribution in [0.25, 0.3) is 0 Å². The Morgan fingerprint density at radius 3 is 2.52 bits per heavy atom. The highest BCUT2D eigenvalue weighted by Crippen LogP contribution is 2.52. The molecule has 4 aliphatic rings. The van der Waals surface area contributed by atoms with Gasteiger partial charge in [0.05, 0.1) is 24.3 Å². The summed E-state index contributed by atoms with van der Waals surface area (Å²) in [4.78, 5) is 53.5. The Morgan fingerprint density at radius 2 is 1.88 bits per heavy atom. The first-order chi connectivity index (χ1) is 19.0. The summed E-state index contributed by atoms with van der Waals surface area (Å²) < 4.78 is 5.29. The molecule has 0 bridgehead atoms. The van der Waals surface area contributed by atoms with Gasteiger partial charge in [-0.05, 0) is 49.8 Å². The summed E-state index contributed by atoms with van der Waals surface area (Å²) >= 11 is 0. The van der Waals surface area contributed by atoms with Crippen LogP contribution in [0.4, 0.5) is 4.79 Å². The number of aliphatic hydroxyl groups is 3. The van der Waals surface area contributed by atoms with Crippen LogP contribution < -0.4 is 5.32 Å². The quantitative estimate of drug-likeness (QED) is 0.277. The van der Waals surface area contributed by atoms with Crippen molar-refractivity contribution in [2.24, 2.45) is 11.8 Å². The average molecular weight is 551 g/mol. The number of ketones is 3. The lowest BCUT2D eigenvalue weighted by atomic mass is 9.60. The molecule has 1 aliphatic heterocycles. The summed E-state index contributed by atoms with van der Waals surface area (Å²) in [5.74, 6) is -0.605. The second-order valence-electron chi connectivity index (χ2n) is 10.5. The molecule has 1 saturated heterocycles. The van der Waals surface area contributed by atoms with E-state index < -0.39 is 57.6 Å². The van der Waals surface area contributed by atoms with Crippen LogP contribution in [0.3, 0.4) is 0 Å². The fraction of sp³-hybridized carbons (Fsp3) is 0.448. The van der Waals surface area contributed by atoms with Crippen LogP contribution in [0.15, 0.2) is 28.7 Å². The first-order valence-electron chi connectivity index (χ1n) is 13.1. The minimum Gasteiger partial charge on any atom is -0.511 e. The summed E-state index contributed by atoms with van der Waals surface area (Å²) in [5.41, 5.74) is -2.33. The number of hydrogen-bond donors (Lipinski definition) is 5. The number of carbonyl (C=O) groups is 4. The molecule has 1 aromatic carbocycles. The van der Waals surface area contributed by atoms with Crippen molar-refractivity contribution in [3.63, 3.8) is 0 Å². The van der Waals surface area contributed by atoms with Crippen LogP contribution in [0.1, 0.15) is 53.7 Å². The Morgan fingerprint density at radius 1 is 1.18 bits per heavy atom. The van der Waals surface area contributed by atoms with Crippen molar-refractivity contribution in [2.75, 3.05) is 26.3 Å². The normalized spacial score (nSPS) is 25.9. The van der Waals surface area contributed by atoms with Crippen molar-refractivity contribution in [3.05, 3.63) is 51.0 Å². The van der Waals surface area contributed by atoms with Gasteiger partial charge in [0, 0.05) is 37.5 Å². The molecule has 2 amide bonds. The van der Waals surface area contributed by atoms with Crippen LogP contribution in [0.2, 0.25) is 0 Å². The van der Waals surface area contributed by atoms with E-state index in [1.54, 1.807) is 17.9 Å². The Kier molecular flexibility index (Phi) is 6.94. The zero-order valence-corrected chi connectivity index (χ0v) is 22.2. The van der Waals surface area contributed by atoms with E-state index in [9.17, 15) is 39.6 Å². The summed E-state index contributed by atoms with van der Waals surface area (Å²) in [6.45, 7) is 4.42. The molecule has 1 fully saturated rings. The second-order valence-corrected chi connectivity index (χ2v) is 10.5. The van der Waals surface area contributed by atoms with Crippen LogP contribution >= 0.6 is 0 Å². The number of hydrogen-bond acceptors (Lipinski definition) is 9. The van der Waals surface area contributed by atoms with Crippen LogP contribution in [-0.2, 0) is 27.3 Å². The number of amides is 2. The summed E-state index contributed by atoms with van der Waals surface area (Å²) in [7, 11) is 0. The molecule has 0 aromatic heterocycles. The molecule has 0 unspecified atom stereocenters. The maximum Gasteiger partial charge on any atom is 0.317 e. The van der Waals surface area contributed by atoms with Gasteiger partial charge in [-0.2, -0.15) is 0 Å². The van der Waals surface area contributed by atoms with Crippen LogP contribution in [-0.4, -0.2) is 80.6 Å². The lowest BCUT2D eigenvalue weighted by Crippen LogP contribution is -2.56. The lowest BCUT2D eigenvalue weighted by Gasteiger charge is -2.45. The Labute approximate surface area is 230 Å². The molecule has 11 nitrogen and oxygen atoms in total. The number of carbonyl (C=O) groups excluding carboxylic acids is 4. The predicted octanol–water partition coefficient (Wildman–Crippen LogP) is 1.60. The number of phenols is 1. The molecular weight excluding hydrogens is 520 g/mol. The number of benzene rings is 1. The van der Waals surface area contributed by atoms with E-state index in [0.29, 0.717) is 37.4 Å². The molecule has 11 heteroatoms. The van der Waals surface area contributed by atoms with E-state index in [2.05, 4.69) is 17.2 Å². The van der Waals surface area contributed by atoms with E-state index in [1.165, 1.54) is 0 Å². The van der Waals surface area contributed by atoms with E-state index in [-0.39, 0.29) is 48.5 Å². The fourth-order valence-electron chi connectivity index (χ4n) is 6.31. The van der Waals surface area contributed by atoms with E-state index >= 15 is 0 Å². The third-order valence-electron chi connectivity index (χ3n) is 8.25. The SMILES string of the molecule is CC#Cc1cc(CNC(=O)N2CCOCC2)c2c(c1O)C(=O)C1=C(O)[C@]3(O)C(=O)C(C(C)=O)=C(O)C[C@@H]3C[C@@H]1C2. The number of urea groups is 1. The summed E-state index contributed by atoms with van der Waals surface area (Å²) in [5, 5.41) is 47.0. The van der Waals surface area contributed by atoms with Crippen molar-refractivity contribution in [2.45, 2.75) is 45.3 Å². The molecule has 0 saturated carbocycles. The highest BCUT2D eigenvalue weighted by atomic mass is 16.5. The third kappa shape index (κ3) is 4.15. The molecule has 5 rings (SSSR count).